The molecule has 2 rings (SSSR count). The summed E-state index contributed by atoms with van der Waals surface area (Å²) in [5, 5.41) is 0. The van der Waals surface area contributed by atoms with Gasteiger partial charge >= 0.3 is 0 Å². The maximum Gasteiger partial charge on any atom is 0.251 e. The summed E-state index contributed by atoms with van der Waals surface area (Å²) in [5.74, 6) is 1.73. The van der Waals surface area contributed by atoms with Gasteiger partial charge in [-0.25, -0.2) is 0 Å². The summed E-state index contributed by atoms with van der Waals surface area (Å²) >= 11 is 0. The molecule has 2 aliphatic rings. The molecule has 80 valence electrons. The SMILES string of the molecule is COC(C)C(=O)N1CC2CCCC2C1. The highest BCUT2D eigenvalue weighted by molar-refractivity contribution is 5.80. The summed E-state index contributed by atoms with van der Waals surface area (Å²) < 4.78 is 5.06. The molecule has 3 heteroatoms. The first kappa shape index (κ1) is 9.97. The Morgan fingerprint density at radius 2 is 1.93 bits per heavy atom. The van der Waals surface area contributed by atoms with Gasteiger partial charge < -0.3 is 9.64 Å². The van der Waals surface area contributed by atoms with Crippen molar-refractivity contribution in [2.24, 2.45) is 11.8 Å². The average molecular weight is 197 g/mol. The number of ether oxygens (including phenoxy) is 1. The second kappa shape index (κ2) is 3.89. The van der Waals surface area contributed by atoms with E-state index in [9.17, 15) is 4.79 Å². The van der Waals surface area contributed by atoms with Gasteiger partial charge in [-0.2, -0.15) is 0 Å². The Hall–Kier alpha value is -0.570. The van der Waals surface area contributed by atoms with E-state index in [-0.39, 0.29) is 12.0 Å². The third kappa shape index (κ3) is 1.65. The van der Waals surface area contributed by atoms with E-state index in [2.05, 4.69) is 0 Å². The third-order valence-corrected chi connectivity index (χ3v) is 3.74. The Balaban J connectivity index is 1.92. The Morgan fingerprint density at radius 1 is 1.36 bits per heavy atom. The van der Waals surface area contributed by atoms with Gasteiger partial charge in [-0.3, -0.25) is 4.79 Å². The Kier molecular flexibility index (Phi) is 2.77. The van der Waals surface area contributed by atoms with Crippen LogP contribution in [0.2, 0.25) is 0 Å². The quantitative estimate of drug-likeness (QED) is 0.667. The normalized spacial score (nSPS) is 33.1. The minimum absolute atomic E-state index is 0.168. The molecule has 0 spiro atoms. The second-order valence-electron chi connectivity index (χ2n) is 4.57. The van der Waals surface area contributed by atoms with Gasteiger partial charge in [0.15, 0.2) is 0 Å². The molecular weight excluding hydrogens is 178 g/mol. The molecule has 0 N–H and O–H groups in total. The summed E-state index contributed by atoms with van der Waals surface area (Å²) in [6.45, 7) is 3.77. The van der Waals surface area contributed by atoms with Gasteiger partial charge in [0.1, 0.15) is 6.10 Å². The molecule has 1 aliphatic heterocycles. The predicted molar refractivity (Wildman–Crippen MR) is 53.9 cm³/mol. The number of carbonyl (C=O) groups excluding carboxylic acids is 1. The minimum atomic E-state index is -0.270. The molecule has 3 atom stereocenters. The van der Waals surface area contributed by atoms with Crippen molar-refractivity contribution in [3.05, 3.63) is 0 Å². The number of fused-ring (bicyclic) bond motifs is 1. The van der Waals surface area contributed by atoms with Crippen LogP contribution in [0.1, 0.15) is 26.2 Å². The lowest BCUT2D eigenvalue weighted by Gasteiger charge is -2.20. The predicted octanol–water partition coefficient (Wildman–Crippen LogP) is 1.28. The van der Waals surface area contributed by atoms with Gasteiger partial charge in [-0.15, -0.1) is 0 Å². The van der Waals surface area contributed by atoms with Crippen molar-refractivity contribution in [3.63, 3.8) is 0 Å². The number of likely N-dealkylation sites (tertiary alicyclic amines) is 1. The molecule has 0 aromatic carbocycles. The van der Waals surface area contributed by atoms with Crippen LogP contribution in [0, 0.1) is 11.8 Å². The zero-order chi connectivity index (χ0) is 10.1. The van der Waals surface area contributed by atoms with E-state index in [0.717, 1.165) is 24.9 Å². The molecule has 14 heavy (non-hydrogen) atoms. The monoisotopic (exact) mass is 197 g/mol. The topological polar surface area (TPSA) is 29.5 Å². The lowest BCUT2D eigenvalue weighted by molar-refractivity contribution is -0.140. The molecule has 1 heterocycles. The second-order valence-corrected chi connectivity index (χ2v) is 4.57. The molecule has 1 saturated carbocycles. The van der Waals surface area contributed by atoms with E-state index in [1.807, 2.05) is 11.8 Å². The maximum absolute atomic E-state index is 11.8. The van der Waals surface area contributed by atoms with Crippen molar-refractivity contribution in [2.75, 3.05) is 20.2 Å². The van der Waals surface area contributed by atoms with Crippen molar-refractivity contribution in [1.82, 2.24) is 4.90 Å². The number of hydrogen-bond acceptors (Lipinski definition) is 2. The highest BCUT2D eigenvalue weighted by Crippen LogP contribution is 2.37. The number of rotatable bonds is 2. The lowest BCUT2D eigenvalue weighted by atomic mass is 10.0. The summed E-state index contributed by atoms with van der Waals surface area (Å²) in [4.78, 5) is 13.8. The van der Waals surface area contributed by atoms with Gasteiger partial charge in [0.05, 0.1) is 0 Å². The summed E-state index contributed by atoms with van der Waals surface area (Å²) in [5.41, 5.74) is 0. The first-order chi connectivity index (χ1) is 6.72. The van der Waals surface area contributed by atoms with Crippen molar-refractivity contribution in [2.45, 2.75) is 32.3 Å². The summed E-state index contributed by atoms with van der Waals surface area (Å²) in [6, 6.07) is 0. The number of amides is 1. The van der Waals surface area contributed by atoms with Crippen molar-refractivity contribution >= 4 is 5.91 Å². The Bertz CT molecular complexity index is 217. The van der Waals surface area contributed by atoms with Crippen LogP contribution in [0.3, 0.4) is 0 Å². The summed E-state index contributed by atoms with van der Waals surface area (Å²) in [6.07, 6.45) is 3.72. The molecule has 1 amide bonds. The van der Waals surface area contributed by atoms with E-state index >= 15 is 0 Å². The molecule has 3 unspecified atom stereocenters. The number of hydrogen-bond donors (Lipinski definition) is 0. The highest BCUT2D eigenvalue weighted by atomic mass is 16.5. The zero-order valence-electron chi connectivity index (χ0n) is 9.03. The molecule has 2 fully saturated rings. The fourth-order valence-electron chi connectivity index (χ4n) is 2.77. The van der Waals surface area contributed by atoms with Crippen LogP contribution in [0.25, 0.3) is 0 Å². The fourth-order valence-corrected chi connectivity index (χ4v) is 2.77. The molecule has 1 saturated heterocycles. The minimum Gasteiger partial charge on any atom is -0.372 e. The van der Waals surface area contributed by atoms with E-state index < -0.39 is 0 Å². The van der Waals surface area contributed by atoms with Crippen LogP contribution in [0.4, 0.5) is 0 Å². The van der Waals surface area contributed by atoms with Gasteiger partial charge in [-0.1, -0.05) is 6.42 Å². The van der Waals surface area contributed by atoms with Crippen LogP contribution < -0.4 is 0 Å². The highest BCUT2D eigenvalue weighted by Gasteiger charge is 2.38. The molecular formula is C11H19NO2. The van der Waals surface area contributed by atoms with E-state index in [1.165, 1.54) is 19.3 Å². The number of methoxy groups -OCH3 is 1. The van der Waals surface area contributed by atoms with Gasteiger partial charge in [0.25, 0.3) is 5.91 Å². The first-order valence-electron chi connectivity index (χ1n) is 5.54. The Labute approximate surface area is 85.4 Å². The van der Waals surface area contributed by atoms with Crippen LogP contribution in [0.5, 0.6) is 0 Å². The van der Waals surface area contributed by atoms with Crippen LogP contribution in [-0.4, -0.2) is 37.1 Å². The van der Waals surface area contributed by atoms with E-state index in [4.69, 9.17) is 4.74 Å². The number of carbonyl (C=O) groups is 1. The van der Waals surface area contributed by atoms with Crippen molar-refractivity contribution in [3.8, 4) is 0 Å². The lowest BCUT2D eigenvalue weighted by Crippen LogP contribution is -2.37. The van der Waals surface area contributed by atoms with Crippen molar-refractivity contribution < 1.29 is 9.53 Å². The standard InChI is InChI=1S/C11H19NO2/c1-8(14-2)11(13)12-6-9-4-3-5-10(9)7-12/h8-10H,3-7H2,1-2H3. The molecule has 0 radical (unpaired) electrons. The van der Waals surface area contributed by atoms with Gasteiger partial charge in [-0.05, 0) is 31.6 Å². The smallest absolute Gasteiger partial charge is 0.251 e. The number of nitrogens with zero attached hydrogens (tertiary/aromatic N) is 1. The summed E-state index contributed by atoms with van der Waals surface area (Å²) in [7, 11) is 1.60. The van der Waals surface area contributed by atoms with Gasteiger partial charge in [0.2, 0.25) is 0 Å². The molecule has 1 aliphatic carbocycles. The maximum atomic E-state index is 11.8. The van der Waals surface area contributed by atoms with Gasteiger partial charge in [0, 0.05) is 20.2 Å². The Morgan fingerprint density at radius 3 is 2.43 bits per heavy atom. The van der Waals surface area contributed by atoms with E-state index in [1.54, 1.807) is 7.11 Å². The van der Waals surface area contributed by atoms with E-state index in [0.29, 0.717) is 0 Å². The molecule has 0 aromatic rings. The van der Waals surface area contributed by atoms with Crippen LogP contribution in [0.15, 0.2) is 0 Å². The van der Waals surface area contributed by atoms with Crippen LogP contribution in [-0.2, 0) is 9.53 Å². The zero-order valence-corrected chi connectivity index (χ0v) is 9.03. The molecule has 0 aromatic heterocycles. The largest absolute Gasteiger partial charge is 0.372 e. The average Bonchev–Trinajstić information content (AvgIpc) is 2.74. The van der Waals surface area contributed by atoms with Crippen LogP contribution >= 0.6 is 0 Å². The fraction of sp³-hybridized carbons (Fsp3) is 0.909. The van der Waals surface area contributed by atoms with Crippen molar-refractivity contribution in [1.29, 1.82) is 0 Å². The molecule has 3 nitrogen and oxygen atoms in total. The third-order valence-electron chi connectivity index (χ3n) is 3.74. The molecule has 0 bridgehead atoms. The first-order valence-corrected chi connectivity index (χ1v) is 5.54.